The molecule has 300 valence electrons. The summed E-state index contributed by atoms with van der Waals surface area (Å²) in [6.45, 7) is 15.2. The Morgan fingerprint density at radius 1 is 0.707 bits per heavy atom. The molecule has 8 heteroatoms. The highest BCUT2D eigenvalue weighted by molar-refractivity contribution is 7.78. The number of rotatable bonds is 10. The molecule has 3 aliphatic heterocycles. The molecule has 6 aromatic rings. The molecule has 0 amide bonds. The van der Waals surface area contributed by atoms with Crippen LogP contribution >= 0.6 is 14.6 Å². The van der Waals surface area contributed by atoms with Crippen LogP contribution in [-0.4, -0.2) is 61.2 Å². The fourth-order valence-corrected chi connectivity index (χ4v) is 15.7. The van der Waals surface area contributed by atoms with Gasteiger partial charge in [-0.1, -0.05) is 119 Å². The smallest absolute Gasteiger partial charge is 0.206 e. The fraction of sp³-hybridized carbons (Fsp3) is 0.360. The zero-order valence-electron chi connectivity index (χ0n) is 34.5. The number of nitrogens with zero attached hydrogens (tertiary/aromatic N) is 2. The lowest BCUT2D eigenvalue weighted by Gasteiger charge is -2.40. The first kappa shape index (κ1) is 39.6. The Bertz CT molecular complexity index is 2520. The largest absolute Gasteiger partial charge is 0.302 e. The summed E-state index contributed by atoms with van der Waals surface area (Å²) < 4.78 is 31.5. The van der Waals surface area contributed by atoms with Gasteiger partial charge in [-0.25, -0.2) is 0 Å². The Hall–Kier alpha value is -3.86. The zero-order chi connectivity index (χ0) is 40.1. The number of hydrogen-bond acceptors (Lipinski definition) is 4. The van der Waals surface area contributed by atoms with E-state index in [2.05, 4.69) is 145 Å². The van der Waals surface area contributed by atoms with Gasteiger partial charge in [0, 0.05) is 46.4 Å². The molecule has 3 heterocycles. The summed E-state index contributed by atoms with van der Waals surface area (Å²) in [4.78, 5) is 5.06. The predicted molar refractivity (Wildman–Crippen MR) is 247 cm³/mol. The third kappa shape index (κ3) is 7.47. The van der Waals surface area contributed by atoms with E-state index in [1.807, 2.05) is 30.3 Å². The van der Waals surface area contributed by atoms with Gasteiger partial charge in [0.1, 0.15) is 0 Å². The van der Waals surface area contributed by atoms with Crippen molar-refractivity contribution in [2.24, 2.45) is 5.41 Å². The molecule has 0 aromatic heterocycles. The lowest BCUT2D eigenvalue weighted by molar-refractivity contribution is 0.214. The first-order chi connectivity index (χ1) is 28.0. The van der Waals surface area contributed by atoms with E-state index in [4.69, 9.17) is 0 Å². The maximum Gasteiger partial charge on any atom is 0.206 e. The third-order valence-electron chi connectivity index (χ3n) is 13.2. The lowest BCUT2D eigenvalue weighted by Crippen LogP contribution is -2.50. The summed E-state index contributed by atoms with van der Waals surface area (Å²) in [7, 11) is -6.49. The predicted octanol–water partition coefficient (Wildman–Crippen LogP) is 9.39. The molecule has 3 aliphatic rings. The van der Waals surface area contributed by atoms with Crippen LogP contribution in [0.15, 0.2) is 127 Å². The molecule has 58 heavy (non-hydrogen) atoms. The lowest BCUT2D eigenvalue weighted by atomic mass is 9.87. The highest BCUT2D eigenvalue weighted by Gasteiger charge is 2.43. The van der Waals surface area contributed by atoms with Crippen LogP contribution in [0.25, 0.3) is 32.7 Å². The van der Waals surface area contributed by atoms with Crippen molar-refractivity contribution in [3.8, 4) is 11.1 Å². The Morgan fingerprint density at radius 2 is 1.34 bits per heavy atom. The quantitative estimate of drug-likeness (QED) is 0.135. The third-order valence-corrected chi connectivity index (χ3v) is 18.9. The van der Waals surface area contributed by atoms with Crippen LogP contribution in [0.1, 0.15) is 64.9 Å². The SMILES string of the molecule is CC1c2ccc3ccccc3c2P(=O)(c2cccc3cc(-c4ccc(P(=O)(N[C@@H](CN5CCCC5)C(C)(C)C)c5ccccc5)cc4)ccc23)N[C@H]1CN1CCCC1. The first-order valence-electron chi connectivity index (χ1n) is 21.4. The highest BCUT2D eigenvalue weighted by Crippen LogP contribution is 2.51. The van der Waals surface area contributed by atoms with E-state index in [0.717, 1.165) is 93.2 Å². The van der Waals surface area contributed by atoms with Crippen molar-refractivity contribution >= 4 is 57.3 Å². The molecule has 0 spiro atoms. The molecule has 2 N–H and O–H groups in total. The molecule has 0 saturated carbocycles. The van der Waals surface area contributed by atoms with Gasteiger partial charge in [-0.15, -0.1) is 0 Å². The Kier molecular flexibility index (Phi) is 10.9. The van der Waals surface area contributed by atoms with Gasteiger partial charge in [0.25, 0.3) is 0 Å². The standard InChI is InChI=1S/C50H58N4O2P2/c1-36-43-27-23-38-15-8-9-19-45(38)49(43)58(56,51-46(36)34-53-29-10-11-30-53)47-20-14-16-40-33-39(24-28-44(40)47)37-21-25-42(26-22-37)57(55,41-17-6-5-7-18-41)52-48(50(2,3)4)35-54-31-12-13-32-54/h5-9,14-28,33,36,46,48H,10-13,29-32,34-35H2,1-4H3,(H,51,56)(H,52,55)/t36?,46-,48-,57?,58?/m0/s1. The van der Waals surface area contributed by atoms with Crippen LogP contribution in [0, 0.1) is 5.41 Å². The molecule has 6 nitrogen and oxygen atoms in total. The highest BCUT2D eigenvalue weighted by atomic mass is 31.2. The second-order valence-corrected chi connectivity index (χ2v) is 23.0. The van der Waals surface area contributed by atoms with Gasteiger partial charge in [-0.3, -0.25) is 19.3 Å². The Morgan fingerprint density at radius 3 is 2.07 bits per heavy atom. The minimum Gasteiger partial charge on any atom is -0.302 e. The van der Waals surface area contributed by atoms with Crippen molar-refractivity contribution < 1.29 is 9.13 Å². The monoisotopic (exact) mass is 808 g/mol. The van der Waals surface area contributed by atoms with Gasteiger partial charge >= 0.3 is 0 Å². The zero-order valence-corrected chi connectivity index (χ0v) is 36.3. The molecule has 5 atom stereocenters. The van der Waals surface area contributed by atoms with Gasteiger partial charge < -0.3 is 9.80 Å². The van der Waals surface area contributed by atoms with Crippen LogP contribution in [0.3, 0.4) is 0 Å². The Labute approximate surface area is 345 Å². The minimum atomic E-state index is -3.29. The summed E-state index contributed by atoms with van der Waals surface area (Å²) in [6, 6.07) is 44.1. The van der Waals surface area contributed by atoms with E-state index in [0.29, 0.717) is 0 Å². The number of hydrogen-bond donors (Lipinski definition) is 2. The van der Waals surface area contributed by atoms with Gasteiger partial charge in [0.2, 0.25) is 14.6 Å². The van der Waals surface area contributed by atoms with E-state index in [1.165, 1.54) is 31.2 Å². The van der Waals surface area contributed by atoms with E-state index in [-0.39, 0.29) is 23.4 Å². The van der Waals surface area contributed by atoms with Gasteiger partial charge in [0.05, 0.1) is 0 Å². The molecule has 9 rings (SSSR count). The summed E-state index contributed by atoms with van der Waals surface area (Å²) in [6.07, 6.45) is 4.91. The maximum absolute atomic E-state index is 16.1. The second kappa shape index (κ2) is 16.0. The summed E-state index contributed by atoms with van der Waals surface area (Å²) in [5.74, 6) is 0.226. The summed E-state index contributed by atoms with van der Waals surface area (Å²) >= 11 is 0. The fourth-order valence-electron chi connectivity index (χ4n) is 9.72. The van der Waals surface area contributed by atoms with E-state index in [1.54, 1.807) is 0 Å². The topological polar surface area (TPSA) is 64.7 Å². The maximum atomic E-state index is 16.1. The average molecular weight is 809 g/mol. The van der Waals surface area contributed by atoms with Gasteiger partial charge in [0.15, 0.2) is 0 Å². The number of likely N-dealkylation sites (tertiary alicyclic amines) is 2. The van der Waals surface area contributed by atoms with Crippen LogP contribution < -0.4 is 31.4 Å². The van der Waals surface area contributed by atoms with Crippen LogP contribution in [-0.2, 0) is 9.13 Å². The first-order valence-corrected chi connectivity index (χ1v) is 24.9. The molecule has 3 unspecified atom stereocenters. The van der Waals surface area contributed by atoms with E-state index < -0.39 is 14.6 Å². The Balaban J connectivity index is 1.08. The van der Waals surface area contributed by atoms with Crippen molar-refractivity contribution in [2.75, 3.05) is 39.3 Å². The molecular weight excluding hydrogens is 751 g/mol. The van der Waals surface area contributed by atoms with Gasteiger partial charge in [-0.2, -0.15) is 0 Å². The number of fused-ring (bicyclic) bond motifs is 4. The molecule has 2 fully saturated rings. The van der Waals surface area contributed by atoms with Gasteiger partial charge in [-0.05, 0) is 138 Å². The van der Waals surface area contributed by atoms with E-state index >= 15 is 9.13 Å². The normalized spacial score (nSPS) is 23.2. The molecule has 0 bridgehead atoms. The summed E-state index contributed by atoms with van der Waals surface area (Å²) in [5.41, 5.74) is 3.24. The number of benzene rings is 6. The van der Waals surface area contributed by atoms with Crippen molar-refractivity contribution in [1.29, 1.82) is 0 Å². The van der Waals surface area contributed by atoms with Crippen LogP contribution in [0.2, 0.25) is 0 Å². The van der Waals surface area contributed by atoms with Crippen LogP contribution in [0.5, 0.6) is 0 Å². The van der Waals surface area contributed by atoms with Crippen molar-refractivity contribution in [3.05, 3.63) is 133 Å². The molecule has 0 radical (unpaired) electrons. The van der Waals surface area contributed by atoms with Crippen molar-refractivity contribution in [3.63, 3.8) is 0 Å². The van der Waals surface area contributed by atoms with Crippen molar-refractivity contribution in [2.45, 2.75) is 71.4 Å². The number of nitrogens with one attached hydrogen (secondary N) is 2. The van der Waals surface area contributed by atoms with Crippen molar-refractivity contribution in [1.82, 2.24) is 20.0 Å². The molecule has 2 saturated heterocycles. The average Bonchev–Trinajstić information content (AvgIpc) is 3.97. The second-order valence-electron chi connectivity index (χ2n) is 18.1. The molecule has 6 aromatic carbocycles. The minimum absolute atomic E-state index is 0.0421. The van der Waals surface area contributed by atoms with Crippen LogP contribution in [0.4, 0.5) is 0 Å². The molecule has 0 aliphatic carbocycles. The summed E-state index contributed by atoms with van der Waals surface area (Å²) in [5, 5.41) is 15.4. The van der Waals surface area contributed by atoms with E-state index in [9.17, 15) is 0 Å². The molecular formula is C50H58N4O2P2.